The van der Waals surface area contributed by atoms with Gasteiger partial charge in [-0.2, -0.15) is 9.78 Å². The van der Waals surface area contributed by atoms with Crippen molar-refractivity contribution in [3.05, 3.63) is 56.0 Å². The first-order chi connectivity index (χ1) is 12.9. The van der Waals surface area contributed by atoms with Crippen LogP contribution in [0.2, 0.25) is 5.02 Å². The zero-order valence-corrected chi connectivity index (χ0v) is 15.5. The van der Waals surface area contributed by atoms with E-state index in [4.69, 9.17) is 11.6 Å². The van der Waals surface area contributed by atoms with Gasteiger partial charge >= 0.3 is 0 Å². The summed E-state index contributed by atoms with van der Waals surface area (Å²) < 4.78 is 1.12. The number of rotatable bonds is 5. The van der Waals surface area contributed by atoms with Crippen LogP contribution >= 0.6 is 11.6 Å². The highest BCUT2D eigenvalue weighted by molar-refractivity contribution is 6.33. The smallest absolute Gasteiger partial charge is 0.292 e. The minimum absolute atomic E-state index is 0.0623. The molecule has 2 heterocycles. The fourth-order valence-electron chi connectivity index (χ4n) is 3.09. The van der Waals surface area contributed by atoms with Crippen molar-refractivity contribution in [2.75, 3.05) is 37.6 Å². The molecule has 1 aliphatic heterocycles. The maximum atomic E-state index is 12.6. The highest BCUT2D eigenvalue weighted by Crippen LogP contribution is 2.23. The minimum atomic E-state index is -0.507. The van der Waals surface area contributed by atoms with E-state index >= 15 is 0 Å². The van der Waals surface area contributed by atoms with Crippen molar-refractivity contribution in [3.63, 3.8) is 0 Å². The molecule has 0 bridgehead atoms. The second-order valence-corrected chi connectivity index (χ2v) is 6.85. The molecule has 27 heavy (non-hydrogen) atoms. The number of piperazine rings is 1. The van der Waals surface area contributed by atoms with Crippen molar-refractivity contribution in [3.8, 4) is 5.69 Å². The molecule has 1 fully saturated rings. The van der Waals surface area contributed by atoms with Gasteiger partial charge in [0.05, 0.1) is 28.6 Å². The maximum absolute atomic E-state index is 12.6. The second kappa shape index (κ2) is 8.03. The average molecular weight is 394 g/mol. The van der Waals surface area contributed by atoms with E-state index in [1.165, 1.54) is 30.5 Å². The summed E-state index contributed by atoms with van der Waals surface area (Å²) in [5.74, 6) is 0. The number of anilines is 1. The quantitative estimate of drug-likeness (QED) is 0.602. The number of β-amino-alcohol motifs (C(OH)–C–C–N with tert-alkyl or cyclic N) is 1. The number of benzene rings is 1. The summed E-state index contributed by atoms with van der Waals surface area (Å²) in [6, 6.07) is 5.54. The molecule has 144 valence electrons. The molecule has 2 aromatic rings. The molecule has 0 spiro atoms. The summed E-state index contributed by atoms with van der Waals surface area (Å²) >= 11 is 6.31. The van der Waals surface area contributed by atoms with Gasteiger partial charge in [0, 0.05) is 44.9 Å². The first-order valence-electron chi connectivity index (χ1n) is 8.55. The molecule has 3 rings (SSSR count). The second-order valence-electron chi connectivity index (χ2n) is 6.47. The van der Waals surface area contributed by atoms with Gasteiger partial charge in [0.2, 0.25) is 0 Å². The van der Waals surface area contributed by atoms with E-state index in [0.29, 0.717) is 31.0 Å². The van der Waals surface area contributed by atoms with Crippen LogP contribution in [0.15, 0.2) is 35.3 Å². The molecule has 1 N–H and O–H groups in total. The lowest BCUT2D eigenvalue weighted by Crippen LogP contribution is -2.48. The molecule has 0 radical (unpaired) electrons. The molecule has 9 nitrogen and oxygen atoms in total. The Labute approximate surface area is 160 Å². The summed E-state index contributed by atoms with van der Waals surface area (Å²) in [5, 5.41) is 24.5. The summed E-state index contributed by atoms with van der Waals surface area (Å²) in [7, 11) is 0. The molecule has 1 saturated heterocycles. The average Bonchev–Trinajstić information content (AvgIpc) is 2.64. The van der Waals surface area contributed by atoms with Gasteiger partial charge in [-0.25, -0.2) is 0 Å². The van der Waals surface area contributed by atoms with E-state index in [1.807, 2.05) is 4.90 Å². The third-order valence-corrected chi connectivity index (χ3v) is 4.80. The summed E-state index contributed by atoms with van der Waals surface area (Å²) in [6.07, 6.45) is 1.16. The predicted molar refractivity (Wildman–Crippen MR) is 102 cm³/mol. The molecule has 0 unspecified atom stereocenters. The van der Waals surface area contributed by atoms with Gasteiger partial charge in [0.1, 0.15) is 5.02 Å². The lowest BCUT2D eigenvalue weighted by atomic mass is 10.2. The standard InChI is InChI=1S/C17H20ClN5O4/c1-12(24)11-20-6-8-21(9-7-20)15-10-19-22(17(25)16(15)18)13-2-4-14(5-3-13)23(26)27/h2-5,10,12,24H,6-9,11H2,1H3/t12-/m1/s1. The van der Waals surface area contributed by atoms with Crippen molar-refractivity contribution < 1.29 is 10.0 Å². The number of nitro benzene ring substituents is 1. The number of nitrogens with zero attached hydrogens (tertiary/aromatic N) is 5. The molecule has 0 amide bonds. The number of hydrogen-bond acceptors (Lipinski definition) is 7. The summed E-state index contributed by atoms with van der Waals surface area (Å²) in [4.78, 5) is 27.0. The molecule has 0 saturated carbocycles. The molecule has 10 heteroatoms. The summed E-state index contributed by atoms with van der Waals surface area (Å²) in [6.45, 7) is 5.23. The van der Waals surface area contributed by atoms with Crippen molar-refractivity contribution >= 4 is 23.0 Å². The molecular weight excluding hydrogens is 374 g/mol. The third-order valence-electron chi connectivity index (χ3n) is 4.44. The molecular formula is C17H20ClN5O4. The fraction of sp³-hybridized carbons (Fsp3) is 0.412. The Kier molecular flexibility index (Phi) is 5.73. The van der Waals surface area contributed by atoms with Gasteiger partial charge in [-0.1, -0.05) is 11.6 Å². The monoisotopic (exact) mass is 393 g/mol. The first-order valence-corrected chi connectivity index (χ1v) is 8.92. The van der Waals surface area contributed by atoms with Crippen molar-refractivity contribution in [1.29, 1.82) is 0 Å². The third kappa shape index (κ3) is 4.26. The van der Waals surface area contributed by atoms with E-state index in [0.717, 1.165) is 17.8 Å². The Hall–Kier alpha value is -2.49. The van der Waals surface area contributed by atoms with Gasteiger partial charge in [-0.15, -0.1) is 0 Å². The van der Waals surface area contributed by atoms with Crippen molar-refractivity contribution in [2.45, 2.75) is 13.0 Å². The van der Waals surface area contributed by atoms with Crippen molar-refractivity contribution in [2.24, 2.45) is 0 Å². The van der Waals surface area contributed by atoms with Crippen LogP contribution in [-0.2, 0) is 0 Å². The van der Waals surface area contributed by atoms with E-state index in [1.54, 1.807) is 6.92 Å². The zero-order chi connectivity index (χ0) is 19.6. The first kappa shape index (κ1) is 19.3. The van der Waals surface area contributed by atoms with Crippen LogP contribution in [0.1, 0.15) is 6.92 Å². The Morgan fingerprint density at radius 1 is 1.26 bits per heavy atom. The number of aromatic nitrogens is 2. The number of nitro groups is 1. The van der Waals surface area contributed by atoms with Crippen LogP contribution in [0, 0.1) is 10.1 Å². The SMILES string of the molecule is C[C@@H](O)CN1CCN(c2cnn(-c3ccc([N+](=O)[O-])cc3)c(=O)c2Cl)CC1. The van der Waals surface area contributed by atoms with Gasteiger partial charge in [0.15, 0.2) is 0 Å². The van der Waals surface area contributed by atoms with E-state index in [2.05, 4.69) is 10.00 Å². The lowest BCUT2D eigenvalue weighted by Gasteiger charge is -2.36. The molecule has 1 aliphatic rings. The Morgan fingerprint density at radius 2 is 1.89 bits per heavy atom. The van der Waals surface area contributed by atoms with Gasteiger partial charge in [-0.05, 0) is 19.1 Å². The predicted octanol–water partition coefficient (Wildman–Crippen LogP) is 1.30. The van der Waals surface area contributed by atoms with Gasteiger partial charge in [-0.3, -0.25) is 19.8 Å². The minimum Gasteiger partial charge on any atom is -0.392 e. The molecule has 1 atom stereocenters. The summed E-state index contributed by atoms with van der Waals surface area (Å²) in [5.41, 5.74) is 0.427. The van der Waals surface area contributed by atoms with Crippen LogP contribution in [0.25, 0.3) is 5.69 Å². The Bertz CT molecular complexity index is 876. The van der Waals surface area contributed by atoms with E-state index < -0.39 is 10.5 Å². The van der Waals surface area contributed by atoms with E-state index in [-0.39, 0.29) is 16.8 Å². The maximum Gasteiger partial charge on any atom is 0.292 e. The number of non-ortho nitro benzene ring substituents is 1. The fourth-order valence-corrected chi connectivity index (χ4v) is 3.34. The van der Waals surface area contributed by atoms with Crippen LogP contribution < -0.4 is 10.5 Å². The largest absolute Gasteiger partial charge is 0.392 e. The van der Waals surface area contributed by atoms with Crippen molar-refractivity contribution in [1.82, 2.24) is 14.7 Å². The number of hydrogen-bond donors (Lipinski definition) is 1. The zero-order valence-electron chi connectivity index (χ0n) is 14.8. The number of halogens is 1. The van der Waals surface area contributed by atoms with Crippen LogP contribution in [0.3, 0.4) is 0 Å². The topological polar surface area (TPSA) is 105 Å². The Morgan fingerprint density at radius 3 is 2.44 bits per heavy atom. The van der Waals surface area contributed by atoms with Crippen LogP contribution in [0.5, 0.6) is 0 Å². The van der Waals surface area contributed by atoms with Crippen LogP contribution in [-0.4, -0.2) is 63.5 Å². The van der Waals surface area contributed by atoms with Gasteiger partial charge in [0.25, 0.3) is 11.2 Å². The Balaban J connectivity index is 1.80. The highest BCUT2D eigenvalue weighted by Gasteiger charge is 2.22. The molecule has 1 aromatic heterocycles. The van der Waals surface area contributed by atoms with Gasteiger partial charge < -0.3 is 10.0 Å². The molecule has 0 aliphatic carbocycles. The highest BCUT2D eigenvalue weighted by atomic mass is 35.5. The normalized spacial score (nSPS) is 16.3. The lowest BCUT2D eigenvalue weighted by molar-refractivity contribution is -0.384. The molecule has 1 aromatic carbocycles. The van der Waals surface area contributed by atoms with E-state index in [9.17, 15) is 20.0 Å². The number of aliphatic hydroxyl groups excluding tert-OH is 1. The van der Waals surface area contributed by atoms with Crippen LogP contribution in [0.4, 0.5) is 11.4 Å². The number of aliphatic hydroxyl groups is 1.